The summed E-state index contributed by atoms with van der Waals surface area (Å²) in [5.74, 6) is 0.750. The number of thiocarbonyl (C=S) groups is 1. The molecule has 0 amide bonds. The highest BCUT2D eigenvalue weighted by atomic mass is 32.1. The number of hydrogen-bond donors (Lipinski definition) is 2. The number of nitrogens with zero attached hydrogens (tertiary/aromatic N) is 4. The predicted molar refractivity (Wildman–Crippen MR) is 115 cm³/mol. The Bertz CT molecular complexity index is 968. The third-order valence-electron chi connectivity index (χ3n) is 3.67. The zero-order valence-corrected chi connectivity index (χ0v) is 16.1. The van der Waals surface area contributed by atoms with Gasteiger partial charge in [-0.15, -0.1) is 5.10 Å². The number of hydrogen-bond acceptors (Lipinski definition) is 5. The number of aromatic nitrogens is 3. The molecule has 1 aromatic heterocycles. The molecule has 2 N–H and O–H groups in total. The van der Waals surface area contributed by atoms with Gasteiger partial charge in [-0.05, 0) is 42.1 Å². The molecule has 7 nitrogen and oxygen atoms in total. The first kappa shape index (κ1) is 19.2. The van der Waals surface area contributed by atoms with Gasteiger partial charge < -0.3 is 10.1 Å². The smallest absolute Gasteiger partial charge is 0.191 e. The summed E-state index contributed by atoms with van der Waals surface area (Å²) in [7, 11) is 1.62. The molecular weight excluding hydrogens is 372 g/mol. The highest BCUT2D eigenvalue weighted by Gasteiger charge is 1.99. The molecule has 3 aromatic rings. The van der Waals surface area contributed by atoms with Gasteiger partial charge in [0.25, 0.3) is 0 Å². The van der Waals surface area contributed by atoms with E-state index in [-0.39, 0.29) is 0 Å². The van der Waals surface area contributed by atoms with Crippen molar-refractivity contribution < 1.29 is 4.74 Å². The van der Waals surface area contributed by atoms with Crippen LogP contribution >= 0.6 is 12.2 Å². The highest BCUT2D eigenvalue weighted by molar-refractivity contribution is 7.80. The SMILES string of the molecule is COc1cccc(NC(=S)N/N=C\C=C\c2cn(Cc3ccccc3)nn2)c1. The maximum absolute atomic E-state index is 5.20. The molecule has 1 heterocycles. The van der Waals surface area contributed by atoms with Crippen molar-refractivity contribution in [2.75, 3.05) is 12.4 Å². The molecule has 0 saturated carbocycles. The Balaban J connectivity index is 1.45. The van der Waals surface area contributed by atoms with Crippen molar-refractivity contribution in [3.8, 4) is 5.75 Å². The third kappa shape index (κ3) is 6.03. The van der Waals surface area contributed by atoms with Crippen LogP contribution in [0.2, 0.25) is 0 Å². The van der Waals surface area contributed by atoms with Gasteiger partial charge in [0.1, 0.15) is 11.4 Å². The van der Waals surface area contributed by atoms with E-state index >= 15 is 0 Å². The van der Waals surface area contributed by atoms with Crippen molar-refractivity contribution >= 4 is 35.3 Å². The van der Waals surface area contributed by atoms with Crippen molar-refractivity contribution in [1.82, 2.24) is 20.4 Å². The zero-order valence-electron chi connectivity index (χ0n) is 15.3. The topological polar surface area (TPSA) is 76.4 Å². The van der Waals surface area contributed by atoms with Crippen molar-refractivity contribution in [3.05, 3.63) is 78.1 Å². The summed E-state index contributed by atoms with van der Waals surface area (Å²) in [6.07, 6.45) is 7.05. The lowest BCUT2D eigenvalue weighted by Gasteiger charge is -2.07. The van der Waals surface area contributed by atoms with Crippen molar-refractivity contribution in [1.29, 1.82) is 0 Å². The number of anilines is 1. The number of allylic oxidation sites excluding steroid dienone is 1. The van der Waals surface area contributed by atoms with Gasteiger partial charge in [-0.3, -0.25) is 5.43 Å². The van der Waals surface area contributed by atoms with Crippen LogP contribution in [0.5, 0.6) is 5.75 Å². The van der Waals surface area contributed by atoms with Gasteiger partial charge in [-0.25, -0.2) is 4.68 Å². The Morgan fingerprint density at radius 3 is 2.89 bits per heavy atom. The average molecular weight is 392 g/mol. The standard InChI is InChI=1S/C20H20N6OS/c1-27-19-11-5-9-17(13-19)22-20(28)24-21-12-6-10-18-15-26(25-23-18)14-16-7-3-2-4-8-16/h2-13,15H,14H2,1H3,(H2,22,24,28)/b10-6+,21-12-. The van der Waals surface area contributed by atoms with E-state index in [0.29, 0.717) is 11.7 Å². The lowest BCUT2D eigenvalue weighted by Crippen LogP contribution is -2.23. The Labute approximate surface area is 168 Å². The second-order valence-corrected chi connectivity index (χ2v) is 6.17. The first-order valence-electron chi connectivity index (χ1n) is 8.58. The number of hydrazone groups is 1. The number of rotatable bonds is 7. The Kier molecular flexibility index (Phi) is 6.86. The van der Waals surface area contributed by atoms with E-state index in [2.05, 4.69) is 38.3 Å². The summed E-state index contributed by atoms with van der Waals surface area (Å²) < 4.78 is 6.96. The molecule has 0 atom stereocenters. The van der Waals surface area contributed by atoms with Crippen LogP contribution in [0.3, 0.4) is 0 Å². The third-order valence-corrected chi connectivity index (χ3v) is 3.86. The maximum Gasteiger partial charge on any atom is 0.191 e. The van der Waals surface area contributed by atoms with E-state index in [0.717, 1.165) is 17.1 Å². The van der Waals surface area contributed by atoms with E-state index in [1.54, 1.807) is 24.1 Å². The van der Waals surface area contributed by atoms with Crippen LogP contribution in [0.1, 0.15) is 11.3 Å². The monoisotopic (exact) mass is 392 g/mol. The minimum atomic E-state index is 0.381. The van der Waals surface area contributed by atoms with E-state index in [1.807, 2.05) is 54.7 Å². The molecule has 3 rings (SSSR count). The maximum atomic E-state index is 5.20. The van der Waals surface area contributed by atoms with E-state index in [4.69, 9.17) is 17.0 Å². The molecule has 0 spiro atoms. The minimum absolute atomic E-state index is 0.381. The summed E-state index contributed by atoms with van der Waals surface area (Å²) in [4.78, 5) is 0. The fourth-order valence-corrected chi connectivity index (χ4v) is 2.55. The molecule has 142 valence electrons. The molecule has 0 fully saturated rings. The van der Waals surface area contributed by atoms with Gasteiger partial charge in [-0.1, -0.05) is 41.6 Å². The molecule has 0 radical (unpaired) electrons. The van der Waals surface area contributed by atoms with Gasteiger partial charge in [-0.2, -0.15) is 5.10 Å². The quantitative estimate of drug-likeness (QED) is 0.365. The highest BCUT2D eigenvalue weighted by Crippen LogP contribution is 2.16. The molecule has 0 aliphatic heterocycles. The Morgan fingerprint density at radius 1 is 1.21 bits per heavy atom. The van der Waals surface area contributed by atoms with Crippen molar-refractivity contribution in [2.45, 2.75) is 6.54 Å². The van der Waals surface area contributed by atoms with Crippen LogP contribution in [0.15, 0.2) is 72.0 Å². The number of methoxy groups -OCH3 is 1. The molecule has 28 heavy (non-hydrogen) atoms. The lowest BCUT2D eigenvalue weighted by molar-refractivity contribution is 0.415. The molecule has 2 aromatic carbocycles. The summed E-state index contributed by atoms with van der Waals surface area (Å²) in [6, 6.07) is 17.6. The fourth-order valence-electron chi connectivity index (χ4n) is 2.38. The van der Waals surface area contributed by atoms with Crippen LogP contribution in [-0.2, 0) is 6.54 Å². The van der Waals surface area contributed by atoms with Gasteiger partial charge in [0.15, 0.2) is 5.11 Å². The summed E-state index contributed by atoms with van der Waals surface area (Å²) >= 11 is 5.20. The zero-order chi connectivity index (χ0) is 19.6. The Morgan fingerprint density at radius 2 is 2.07 bits per heavy atom. The second-order valence-electron chi connectivity index (χ2n) is 5.76. The van der Waals surface area contributed by atoms with Crippen LogP contribution in [0.4, 0.5) is 5.69 Å². The van der Waals surface area contributed by atoms with Crippen molar-refractivity contribution in [3.63, 3.8) is 0 Å². The predicted octanol–water partition coefficient (Wildman–Crippen LogP) is 3.32. The molecular formula is C20H20N6OS. The average Bonchev–Trinajstić information content (AvgIpc) is 3.16. The number of ether oxygens (including phenoxy) is 1. The van der Waals surface area contributed by atoms with Gasteiger partial charge in [0.2, 0.25) is 0 Å². The number of nitrogens with one attached hydrogen (secondary N) is 2. The summed E-state index contributed by atoms with van der Waals surface area (Å²) in [6.45, 7) is 0.682. The Hall–Kier alpha value is -3.52. The van der Waals surface area contributed by atoms with Crippen molar-refractivity contribution in [2.24, 2.45) is 5.10 Å². The second kappa shape index (κ2) is 9.98. The van der Waals surface area contributed by atoms with E-state index in [9.17, 15) is 0 Å². The fraction of sp³-hybridized carbons (Fsp3) is 0.100. The van der Waals surface area contributed by atoms with Crippen LogP contribution in [-0.4, -0.2) is 33.4 Å². The van der Waals surface area contributed by atoms with Gasteiger partial charge in [0.05, 0.1) is 19.9 Å². The van der Waals surface area contributed by atoms with Gasteiger partial charge >= 0.3 is 0 Å². The molecule has 0 bridgehead atoms. The molecule has 0 aliphatic rings. The van der Waals surface area contributed by atoms with E-state index < -0.39 is 0 Å². The molecule has 0 saturated heterocycles. The normalized spacial score (nSPS) is 11.0. The summed E-state index contributed by atoms with van der Waals surface area (Å²) in [5, 5.41) is 15.7. The minimum Gasteiger partial charge on any atom is -0.497 e. The molecule has 0 aliphatic carbocycles. The lowest BCUT2D eigenvalue weighted by atomic mass is 10.2. The molecule has 0 unspecified atom stereocenters. The van der Waals surface area contributed by atoms with Crippen LogP contribution < -0.4 is 15.5 Å². The van der Waals surface area contributed by atoms with Crippen LogP contribution in [0, 0.1) is 0 Å². The summed E-state index contributed by atoms with van der Waals surface area (Å²) in [5.41, 5.74) is 5.49. The first-order valence-corrected chi connectivity index (χ1v) is 8.98. The van der Waals surface area contributed by atoms with Crippen LogP contribution in [0.25, 0.3) is 6.08 Å². The van der Waals surface area contributed by atoms with Gasteiger partial charge in [0, 0.05) is 18.0 Å². The molecule has 8 heteroatoms. The largest absolute Gasteiger partial charge is 0.497 e. The number of benzene rings is 2. The first-order chi connectivity index (χ1) is 13.7. The van der Waals surface area contributed by atoms with E-state index in [1.165, 1.54) is 5.56 Å².